The van der Waals surface area contributed by atoms with Gasteiger partial charge in [-0.25, -0.2) is 4.98 Å². The predicted octanol–water partition coefficient (Wildman–Crippen LogP) is 0.917. The summed E-state index contributed by atoms with van der Waals surface area (Å²) in [5.41, 5.74) is 0. The number of aliphatic hydroxyl groups excluding tert-OH is 1. The zero-order chi connectivity index (χ0) is 8.81. The minimum absolute atomic E-state index is 0.271. The van der Waals surface area contributed by atoms with E-state index in [4.69, 9.17) is 5.11 Å². The molecule has 0 bridgehead atoms. The lowest BCUT2D eigenvalue weighted by Crippen LogP contribution is -2.02. The third-order valence-electron chi connectivity index (χ3n) is 1.64. The van der Waals surface area contributed by atoms with Crippen LogP contribution in [0.15, 0.2) is 12.4 Å². The maximum absolute atomic E-state index is 8.54. The van der Waals surface area contributed by atoms with Crippen LogP contribution < -0.4 is 0 Å². The Labute approximate surface area is 76.8 Å². The topological polar surface area (TPSA) is 38.0 Å². The third-order valence-corrected chi connectivity index (χ3v) is 2.58. The number of imidazole rings is 1. The lowest BCUT2D eigenvalue weighted by Gasteiger charge is -2.03. The quantitative estimate of drug-likeness (QED) is 0.695. The molecule has 1 aromatic rings. The SMILES string of the molecule is Cc1nccn1CCSCCO. The van der Waals surface area contributed by atoms with Crippen LogP contribution >= 0.6 is 11.8 Å². The summed E-state index contributed by atoms with van der Waals surface area (Å²) in [6.07, 6.45) is 3.79. The molecule has 0 aliphatic carbocycles. The molecule has 68 valence electrons. The van der Waals surface area contributed by atoms with E-state index in [0.717, 1.165) is 23.9 Å². The molecule has 0 atom stereocenters. The summed E-state index contributed by atoms with van der Waals surface area (Å²) < 4.78 is 2.12. The minimum atomic E-state index is 0.271. The van der Waals surface area contributed by atoms with Crippen LogP contribution in [-0.2, 0) is 6.54 Å². The first-order chi connectivity index (χ1) is 5.84. The van der Waals surface area contributed by atoms with Gasteiger partial charge in [-0.15, -0.1) is 0 Å². The summed E-state index contributed by atoms with van der Waals surface area (Å²) >= 11 is 1.76. The average Bonchev–Trinajstić information content (AvgIpc) is 2.46. The van der Waals surface area contributed by atoms with E-state index in [2.05, 4.69) is 9.55 Å². The van der Waals surface area contributed by atoms with Crippen molar-refractivity contribution < 1.29 is 5.11 Å². The Kier molecular flexibility index (Phi) is 4.18. The Morgan fingerprint density at radius 2 is 2.42 bits per heavy atom. The summed E-state index contributed by atoms with van der Waals surface area (Å²) in [5.74, 6) is 2.92. The molecule has 1 N–H and O–H groups in total. The zero-order valence-electron chi connectivity index (χ0n) is 7.23. The summed E-state index contributed by atoms with van der Waals surface area (Å²) in [7, 11) is 0. The lowest BCUT2D eigenvalue weighted by atomic mass is 10.6. The number of aryl methyl sites for hydroxylation is 2. The molecule has 0 aliphatic heterocycles. The number of nitrogens with zero attached hydrogens (tertiary/aromatic N) is 2. The highest BCUT2D eigenvalue weighted by molar-refractivity contribution is 7.99. The maximum Gasteiger partial charge on any atom is 0.105 e. The fourth-order valence-corrected chi connectivity index (χ4v) is 1.63. The summed E-state index contributed by atoms with van der Waals surface area (Å²) in [6.45, 7) is 3.25. The fraction of sp³-hybridized carbons (Fsp3) is 0.625. The van der Waals surface area contributed by atoms with Crippen LogP contribution in [0, 0.1) is 6.92 Å². The molecule has 0 fully saturated rings. The molecule has 1 heterocycles. The van der Waals surface area contributed by atoms with Gasteiger partial charge in [0.1, 0.15) is 5.82 Å². The Bertz CT molecular complexity index is 225. The molecule has 0 amide bonds. The number of hydrogen-bond donors (Lipinski definition) is 1. The lowest BCUT2D eigenvalue weighted by molar-refractivity contribution is 0.322. The van der Waals surface area contributed by atoms with Gasteiger partial charge in [0.15, 0.2) is 0 Å². The Morgan fingerprint density at radius 1 is 1.58 bits per heavy atom. The second-order valence-corrected chi connectivity index (χ2v) is 3.73. The fourth-order valence-electron chi connectivity index (χ4n) is 0.970. The number of hydrogen-bond acceptors (Lipinski definition) is 3. The molecule has 12 heavy (non-hydrogen) atoms. The van der Waals surface area contributed by atoms with Crippen LogP contribution in [0.3, 0.4) is 0 Å². The molecule has 4 heteroatoms. The van der Waals surface area contributed by atoms with Crippen molar-refractivity contribution in [3.05, 3.63) is 18.2 Å². The van der Waals surface area contributed by atoms with Gasteiger partial charge in [-0.3, -0.25) is 0 Å². The predicted molar refractivity (Wildman–Crippen MR) is 51.4 cm³/mol. The van der Waals surface area contributed by atoms with E-state index in [9.17, 15) is 0 Å². The van der Waals surface area contributed by atoms with Crippen LogP contribution in [0.5, 0.6) is 0 Å². The molecule has 1 aromatic heterocycles. The number of rotatable bonds is 5. The van der Waals surface area contributed by atoms with E-state index >= 15 is 0 Å². The van der Waals surface area contributed by atoms with E-state index < -0.39 is 0 Å². The van der Waals surface area contributed by atoms with Crippen LogP contribution in [0.2, 0.25) is 0 Å². The normalized spacial score (nSPS) is 10.5. The van der Waals surface area contributed by atoms with Crippen LogP contribution in [0.25, 0.3) is 0 Å². The van der Waals surface area contributed by atoms with Crippen molar-refractivity contribution in [2.45, 2.75) is 13.5 Å². The van der Waals surface area contributed by atoms with Crippen molar-refractivity contribution in [3.8, 4) is 0 Å². The number of aliphatic hydroxyl groups is 1. The monoisotopic (exact) mass is 186 g/mol. The highest BCUT2D eigenvalue weighted by atomic mass is 32.2. The van der Waals surface area contributed by atoms with Gasteiger partial charge in [0.25, 0.3) is 0 Å². The minimum Gasteiger partial charge on any atom is -0.396 e. The van der Waals surface area contributed by atoms with Gasteiger partial charge in [-0.2, -0.15) is 11.8 Å². The molecule has 0 unspecified atom stereocenters. The third kappa shape index (κ3) is 2.87. The first-order valence-electron chi connectivity index (χ1n) is 4.01. The van der Waals surface area contributed by atoms with Gasteiger partial charge in [-0.1, -0.05) is 0 Å². The van der Waals surface area contributed by atoms with Gasteiger partial charge in [0, 0.05) is 30.4 Å². The molecule has 0 saturated carbocycles. The molecular weight excluding hydrogens is 172 g/mol. The van der Waals surface area contributed by atoms with Gasteiger partial charge in [-0.05, 0) is 6.92 Å². The Morgan fingerprint density at radius 3 is 3.00 bits per heavy atom. The number of thioether (sulfide) groups is 1. The standard InChI is InChI=1S/C8H14N2OS/c1-8-9-2-3-10(8)4-6-12-7-5-11/h2-3,11H,4-7H2,1H3. The maximum atomic E-state index is 8.54. The van der Waals surface area contributed by atoms with Gasteiger partial charge >= 0.3 is 0 Å². The van der Waals surface area contributed by atoms with Crippen molar-refractivity contribution >= 4 is 11.8 Å². The highest BCUT2D eigenvalue weighted by Crippen LogP contribution is 2.02. The summed E-state index contributed by atoms with van der Waals surface area (Å²) in [4.78, 5) is 4.12. The zero-order valence-corrected chi connectivity index (χ0v) is 8.05. The molecule has 0 aromatic carbocycles. The molecule has 3 nitrogen and oxygen atoms in total. The van der Waals surface area contributed by atoms with E-state index in [1.807, 2.05) is 19.3 Å². The second-order valence-electron chi connectivity index (χ2n) is 2.50. The smallest absolute Gasteiger partial charge is 0.105 e. The Hall–Kier alpha value is -0.480. The summed E-state index contributed by atoms with van der Waals surface area (Å²) in [5, 5.41) is 8.54. The molecule has 0 radical (unpaired) electrons. The number of aromatic nitrogens is 2. The molecule has 0 aliphatic rings. The summed E-state index contributed by atoms with van der Waals surface area (Å²) in [6, 6.07) is 0. The Balaban J connectivity index is 2.20. The van der Waals surface area contributed by atoms with Gasteiger partial charge in [0.2, 0.25) is 0 Å². The molecular formula is C8H14N2OS. The van der Waals surface area contributed by atoms with E-state index in [1.165, 1.54) is 0 Å². The first kappa shape index (κ1) is 9.61. The molecule has 0 saturated heterocycles. The average molecular weight is 186 g/mol. The second kappa shape index (κ2) is 5.22. The van der Waals surface area contributed by atoms with Crippen LogP contribution in [-0.4, -0.2) is 32.8 Å². The first-order valence-corrected chi connectivity index (χ1v) is 5.16. The van der Waals surface area contributed by atoms with E-state index in [0.29, 0.717) is 0 Å². The van der Waals surface area contributed by atoms with E-state index in [-0.39, 0.29) is 6.61 Å². The van der Waals surface area contributed by atoms with Crippen molar-refractivity contribution in [1.82, 2.24) is 9.55 Å². The van der Waals surface area contributed by atoms with Crippen LogP contribution in [0.4, 0.5) is 0 Å². The van der Waals surface area contributed by atoms with Crippen molar-refractivity contribution in [1.29, 1.82) is 0 Å². The highest BCUT2D eigenvalue weighted by Gasteiger charge is 1.95. The largest absolute Gasteiger partial charge is 0.396 e. The molecule has 1 rings (SSSR count). The van der Waals surface area contributed by atoms with E-state index in [1.54, 1.807) is 11.8 Å². The van der Waals surface area contributed by atoms with Crippen molar-refractivity contribution in [2.24, 2.45) is 0 Å². The van der Waals surface area contributed by atoms with Crippen LogP contribution in [0.1, 0.15) is 5.82 Å². The van der Waals surface area contributed by atoms with Gasteiger partial charge in [0.05, 0.1) is 6.61 Å². The van der Waals surface area contributed by atoms with Gasteiger partial charge < -0.3 is 9.67 Å². The van der Waals surface area contributed by atoms with Crippen molar-refractivity contribution in [3.63, 3.8) is 0 Å². The molecule has 0 spiro atoms. The van der Waals surface area contributed by atoms with Crippen molar-refractivity contribution in [2.75, 3.05) is 18.1 Å².